The number of nitrogens with zero attached hydrogens (tertiary/aromatic N) is 10. The summed E-state index contributed by atoms with van der Waals surface area (Å²) in [5.41, 5.74) is 25.0. The van der Waals surface area contributed by atoms with Crippen molar-refractivity contribution < 1.29 is 8.83 Å². The lowest BCUT2D eigenvalue weighted by atomic mass is 10.0. The van der Waals surface area contributed by atoms with Crippen molar-refractivity contribution >= 4 is 87.7 Å². The molecule has 0 spiro atoms. The molecule has 0 fully saturated rings. The molecule has 0 aliphatic heterocycles. The van der Waals surface area contributed by atoms with Crippen molar-refractivity contribution in [2.75, 3.05) is 0 Å². The number of rotatable bonds is 12. The van der Waals surface area contributed by atoms with Gasteiger partial charge in [0.2, 0.25) is 0 Å². The molecule has 0 radical (unpaired) electrons. The SMILES string of the molecule is c1ccc(-c2ccc(-c3nc(-c4ccccc4)nc(-c4ccc(-n5c6ccccc6c6oc7c8ccccc8nc(-c8ccccc8)c7c65)cc4)n3)cc2)cc1.c1ccc(-c2ccc(-c3nc(-c4ccccc4)nc(-c4cccc(-n5c6ccccc6c6oc7c8ccccc8nc(-c8ccccc8)c7c65)c4)n3)cc2)cc1. The molecule has 0 saturated heterocycles. The van der Waals surface area contributed by atoms with Crippen molar-refractivity contribution in [2.45, 2.75) is 0 Å². The van der Waals surface area contributed by atoms with Crippen LogP contribution in [-0.4, -0.2) is 49.0 Å². The fraction of sp³-hybridized carbons (Fsp3) is 0. The Labute approximate surface area is 642 Å². The van der Waals surface area contributed by atoms with Gasteiger partial charge in [-0.05, 0) is 107 Å². The van der Waals surface area contributed by atoms with Gasteiger partial charge in [0.25, 0.3) is 0 Å². The van der Waals surface area contributed by atoms with Gasteiger partial charge in [-0.3, -0.25) is 0 Å². The predicted molar refractivity (Wildman–Crippen MR) is 453 cm³/mol. The average Bonchev–Trinajstić information content (AvgIpc) is 1.55. The van der Waals surface area contributed by atoms with Crippen molar-refractivity contribution in [1.82, 2.24) is 49.0 Å². The molecule has 0 aliphatic carbocycles. The van der Waals surface area contributed by atoms with Crippen LogP contribution in [0.25, 0.3) is 212 Å². The van der Waals surface area contributed by atoms with Gasteiger partial charge in [-0.15, -0.1) is 0 Å². The van der Waals surface area contributed by atoms with Crippen LogP contribution < -0.4 is 0 Å². The number of fused-ring (bicyclic) bond motifs is 14. The van der Waals surface area contributed by atoms with Crippen LogP contribution in [0.2, 0.25) is 0 Å². The van der Waals surface area contributed by atoms with E-state index in [1.165, 1.54) is 0 Å². The Morgan fingerprint density at radius 3 is 0.857 bits per heavy atom. The summed E-state index contributed by atoms with van der Waals surface area (Å²) in [7, 11) is 0. The zero-order valence-electron chi connectivity index (χ0n) is 60.1. The highest BCUT2D eigenvalue weighted by atomic mass is 16.3. The van der Waals surface area contributed by atoms with Gasteiger partial charge < -0.3 is 18.0 Å². The van der Waals surface area contributed by atoms with Crippen LogP contribution >= 0.6 is 0 Å². The van der Waals surface area contributed by atoms with Gasteiger partial charge >= 0.3 is 0 Å². The third-order valence-corrected chi connectivity index (χ3v) is 20.9. The standard InChI is InChI=1S/2C50H31N5O/c1-4-15-32(16-5-1)33-27-29-36(30-28-33)49-52-48(35-19-8-3-9-20-35)53-50(54-49)37-21-14-22-38(31-37)55-42-26-13-11-24-40(42)47-45(55)43-44(34-17-6-2-7-18-34)51-41-25-12-10-23-39(41)46(43)56-47;1-4-14-32(15-5-1)33-24-26-36(27-25-33)49-52-48(35-18-8-3-9-19-35)53-50(54-49)37-28-30-38(31-29-37)55-42-23-13-11-21-40(42)47-45(55)43-44(34-16-6-2-7-17-34)51-41-22-12-10-20-39(41)46(43)56-47/h2*1-31H. The van der Waals surface area contributed by atoms with E-state index in [9.17, 15) is 0 Å². The quantitative estimate of drug-likeness (QED) is 0.116. The van der Waals surface area contributed by atoms with Gasteiger partial charge in [-0.2, -0.15) is 0 Å². The molecule has 8 aromatic heterocycles. The van der Waals surface area contributed by atoms with Crippen LogP contribution in [-0.2, 0) is 0 Å². The van der Waals surface area contributed by atoms with E-state index in [2.05, 4.69) is 270 Å². The summed E-state index contributed by atoms with van der Waals surface area (Å²) in [6.07, 6.45) is 0. The maximum atomic E-state index is 6.93. The summed E-state index contributed by atoms with van der Waals surface area (Å²) in [6.45, 7) is 0. The highest BCUT2D eigenvalue weighted by Gasteiger charge is 2.28. The highest BCUT2D eigenvalue weighted by molar-refractivity contribution is 6.26. The lowest BCUT2D eigenvalue weighted by Crippen LogP contribution is -2.01. The summed E-state index contributed by atoms with van der Waals surface area (Å²) in [5, 5.41) is 5.99. The molecule has 0 unspecified atom stereocenters. The molecular weight excluding hydrogens is 1370 g/mol. The first-order valence-electron chi connectivity index (χ1n) is 37.3. The van der Waals surface area contributed by atoms with E-state index in [1.54, 1.807) is 0 Å². The summed E-state index contributed by atoms with van der Waals surface area (Å²) in [4.78, 5) is 40.7. The van der Waals surface area contributed by atoms with Crippen LogP contribution in [0, 0.1) is 0 Å². The minimum absolute atomic E-state index is 0.588. The second-order valence-corrected chi connectivity index (χ2v) is 27.7. The number of benzene rings is 14. The van der Waals surface area contributed by atoms with E-state index in [4.69, 9.17) is 48.7 Å². The maximum absolute atomic E-state index is 6.93. The number of furan rings is 2. The molecule has 0 bridgehead atoms. The number of pyridine rings is 2. The first-order chi connectivity index (χ1) is 55.5. The molecule has 22 aromatic rings. The van der Waals surface area contributed by atoms with Gasteiger partial charge in [0, 0.05) is 77.4 Å². The lowest BCUT2D eigenvalue weighted by molar-refractivity contribution is 0.676. The van der Waals surface area contributed by atoms with Crippen molar-refractivity contribution in [3.63, 3.8) is 0 Å². The van der Waals surface area contributed by atoms with Crippen LogP contribution in [0.5, 0.6) is 0 Å². The van der Waals surface area contributed by atoms with Gasteiger partial charge in [0.15, 0.2) is 46.1 Å². The third kappa shape index (κ3) is 11.5. The first-order valence-corrected chi connectivity index (χ1v) is 37.3. The second kappa shape index (κ2) is 27.4. The average molecular weight is 1440 g/mol. The Morgan fingerprint density at radius 2 is 0.464 bits per heavy atom. The van der Waals surface area contributed by atoms with Crippen LogP contribution in [0.15, 0.2) is 385 Å². The smallest absolute Gasteiger partial charge is 0.164 e. The summed E-state index contributed by atoms with van der Waals surface area (Å²) in [5.74, 6) is 3.66. The molecule has 0 N–H and O–H groups in total. The summed E-state index contributed by atoms with van der Waals surface area (Å²) < 4.78 is 18.4. The van der Waals surface area contributed by atoms with Gasteiger partial charge in [-0.1, -0.05) is 291 Å². The fourth-order valence-electron chi connectivity index (χ4n) is 15.6. The topological polar surface area (TPSA) is 139 Å². The molecule has 14 aromatic carbocycles. The lowest BCUT2D eigenvalue weighted by Gasteiger charge is -2.12. The molecule has 0 saturated carbocycles. The van der Waals surface area contributed by atoms with Crippen molar-refractivity contribution in [2.24, 2.45) is 0 Å². The van der Waals surface area contributed by atoms with E-state index in [0.29, 0.717) is 34.9 Å². The Bertz CT molecular complexity index is 7320. The van der Waals surface area contributed by atoms with E-state index in [0.717, 1.165) is 177 Å². The largest absolute Gasteiger partial charge is 0.453 e. The number of aromatic nitrogens is 10. The van der Waals surface area contributed by atoms with Crippen molar-refractivity contribution in [3.8, 4) is 124 Å². The first kappa shape index (κ1) is 64.9. The number of para-hydroxylation sites is 4. The Morgan fingerprint density at radius 1 is 0.188 bits per heavy atom. The molecule has 0 atom stereocenters. The molecule has 12 heteroatoms. The molecule has 12 nitrogen and oxygen atoms in total. The molecule has 112 heavy (non-hydrogen) atoms. The molecule has 22 rings (SSSR count). The van der Waals surface area contributed by atoms with Crippen LogP contribution in [0.3, 0.4) is 0 Å². The zero-order chi connectivity index (χ0) is 74.0. The molecule has 0 amide bonds. The number of hydrogen-bond donors (Lipinski definition) is 0. The second-order valence-electron chi connectivity index (χ2n) is 27.7. The van der Waals surface area contributed by atoms with Gasteiger partial charge in [-0.25, -0.2) is 39.9 Å². The van der Waals surface area contributed by atoms with Crippen molar-refractivity contribution in [3.05, 3.63) is 376 Å². The Kier molecular flexibility index (Phi) is 15.9. The third-order valence-electron chi connectivity index (χ3n) is 20.9. The molecule has 0 aliphatic rings. The van der Waals surface area contributed by atoms with E-state index in [1.807, 2.05) is 115 Å². The normalized spacial score (nSPS) is 11.6. The Hall–Kier alpha value is -15.4. The molecular formula is C100H62N10O2. The van der Waals surface area contributed by atoms with Crippen molar-refractivity contribution in [1.29, 1.82) is 0 Å². The fourth-order valence-corrected chi connectivity index (χ4v) is 15.6. The number of hydrogen-bond acceptors (Lipinski definition) is 10. The monoisotopic (exact) mass is 1430 g/mol. The van der Waals surface area contributed by atoms with Crippen LogP contribution in [0.1, 0.15) is 0 Å². The summed E-state index contributed by atoms with van der Waals surface area (Å²) in [6, 6.07) is 129. The zero-order valence-corrected chi connectivity index (χ0v) is 60.1. The minimum atomic E-state index is 0.588. The van der Waals surface area contributed by atoms with Crippen LogP contribution in [0.4, 0.5) is 0 Å². The van der Waals surface area contributed by atoms with E-state index < -0.39 is 0 Å². The van der Waals surface area contributed by atoms with E-state index >= 15 is 0 Å². The molecule has 8 heterocycles. The Balaban J connectivity index is 0.000000141. The maximum Gasteiger partial charge on any atom is 0.164 e. The summed E-state index contributed by atoms with van der Waals surface area (Å²) >= 11 is 0. The van der Waals surface area contributed by atoms with E-state index in [-0.39, 0.29) is 0 Å². The van der Waals surface area contributed by atoms with Gasteiger partial charge in [0.05, 0.1) is 44.2 Å². The van der Waals surface area contributed by atoms with Gasteiger partial charge in [0.1, 0.15) is 22.2 Å². The molecule has 524 valence electrons. The predicted octanol–water partition coefficient (Wildman–Crippen LogP) is 25.2. The minimum Gasteiger partial charge on any atom is -0.453 e. The highest BCUT2D eigenvalue weighted by Crippen LogP contribution is 2.47.